The number of aromatic hydroxyl groups is 1. The van der Waals surface area contributed by atoms with Crippen LogP contribution in [-0.4, -0.2) is 22.2 Å². The lowest BCUT2D eigenvalue weighted by molar-refractivity contribution is 0.374. The normalized spacial score (nSPS) is 10.9. The van der Waals surface area contributed by atoms with Crippen LogP contribution in [0, 0.1) is 0 Å². The maximum Gasteiger partial charge on any atom is 0.230 e. The second kappa shape index (κ2) is 7.97. The molecule has 4 aromatic rings. The Morgan fingerprint density at radius 3 is 2.62 bits per heavy atom. The number of hydrogen-bond donors (Lipinski definition) is 1. The molecule has 0 aliphatic carbocycles. The Balaban J connectivity index is 1.86. The van der Waals surface area contributed by atoms with E-state index in [0.29, 0.717) is 39.3 Å². The Bertz CT molecular complexity index is 1190. The molecular weight excluding hydrogens is 388 g/mol. The van der Waals surface area contributed by atoms with Crippen molar-refractivity contribution in [2.24, 2.45) is 0 Å². The first-order valence-corrected chi connectivity index (χ1v) is 9.58. The van der Waals surface area contributed by atoms with Crippen molar-refractivity contribution in [3.63, 3.8) is 0 Å². The molecule has 0 aliphatic heterocycles. The monoisotopic (exact) mass is 406 g/mol. The first-order valence-electron chi connectivity index (χ1n) is 9.20. The van der Waals surface area contributed by atoms with E-state index in [2.05, 4.69) is 9.97 Å². The van der Waals surface area contributed by atoms with Gasteiger partial charge >= 0.3 is 0 Å². The van der Waals surface area contributed by atoms with Gasteiger partial charge in [0.15, 0.2) is 17.3 Å². The van der Waals surface area contributed by atoms with Crippen LogP contribution in [0.4, 0.5) is 0 Å². The van der Waals surface area contributed by atoms with Gasteiger partial charge in [-0.15, -0.1) is 0 Å². The summed E-state index contributed by atoms with van der Waals surface area (Å²) in [5.41, 5.74) is 2.16. The first-order chi connectivity index (χ1) is 14.1. The van der Waals surface area contributed by atoms with Crippen molar-refractivity contribution in [3.8, 4) is 34.5 Å². The van der Waals surface area contributed by atoms with E-state index in [-0.39, 0.29) is 5.75 Å². The van der Waals surface area contributed by atoms with Crippen LogP contribution >= 0.6 is 11.6 Å². The van der Waals surface area contributed by atoms with E-state index in [4.69, 9.17) is 21.1 Å². The van der Waals surface area contributed by atoms with Crippen molar-refractivity contribution >= 4 is 22.5 Å². The maximum atomic E-state index is 10.5. The zero-order valence-electron chi connectivity index (χ0n) is 16.0. The van der Waals surface area contributed by atoms with Crippen molar-refractivity contribution < 1.29 is 14.6 Å². The van der Waals surface area contributed by atoms with Gasteiger partial charge in [-0.3, -0.25) is 0 Å². The summed E-state index contributed by atoms with van der Waals surface area (Å²) < 4.78 is 11.3. The molecule has 1 heterocycles. The van der Waals surface area contributed by atoms with Crippen molar-refractivity contribution in [3.05, 3.63) is 71.2 Å². The first kappa shape index (κ1) is 19.0. The van der Waals surface area contributed by atoms with Gasteiger partial charge in [-0.2, -0.15) is 4.98 Å². The molecular formula is C23H19ClN2O3. The third kappa shape index (κ3) is 3.69. The van der Waals surface area contributed by atoms with Crippen LogP contribution in [0.1, 0.15) is 12.5 Å². The third-order valence-corrected chi connectivity index (χ3v) is 5.01. The number of nitrogens with zero attached hydrogens (tertiary/aromatic N) is 2. The molecule has 0 unspecified atom stereocenters. The van der Waals surface area contributed by atoms with Crippen molar-refractivity contribution in [1.29, 1.82) is 0 Å². The fourth-order valence-corrected chi connectivity index (χ4v) is 3.36. The summed E-state index contributed by atoms with van der Waals surface area (Å²) in [7, 11) is 1.50. The lowest BCUT2D eigenvalue weighted by atomic mass is 10.1. The van der Waals surface area contributed by atoms with Gasteiger partial charge < -0.3 is 14.6 Å². The molecule has 0 amide bonds. The van der Waals surface area contributed by atoms with Crippen LogP contribution in [0.25, 0.3) is 22.3 Å². The molecule has 1 N–H and O–H groups in total. The number of halogens is 1. The average Bonchev–Trinajstić information content (AvgIpc) is 2.75. The summed E-state index contributed by atoms with van der Waals surface area (Å²) in [6.45, 7) is 2.04. The Morgan fingerprint density at radius 1 is 1.00 bits per heavy atom. The summed E-state index contributed by atoms with van der Waals surface area (Å²) in [5, 5.41) is 12.0. The van der Waals surface area contributed by atoms with E-state index < -0.39 is 0 Å². The molecule has 0 fully saturated rings. The van der Waals surface area contributed by atoms with E-state index in [0.717, 1.165) is 17.4 Å². The predicted octanol–water partition coefficient (Wildman–Crippen LogP) is 6.02. The molecule has 0 aliphatic rings. The molecule has 0 radical (unpaired) electrons. The molecule has 1 aromatic heterocycles. The van der Waals surface area contributed by atoms with Crippen molar-refractivity contribution in [2.45, 2.75) is 13.3 Å². The number of methoxy groups -OCH3 is 1. The minimum atomic E-state index is -0.0176. The molecule has 3 aromatic carbocycles. The summed E-state index contributed by atoms with van der Waals surface area (Å²) in [4.78, 5) is 9.20. The highest BCUT2D eigenvalue weighted by Gasteiger charge is 2.16. The van der Waals surface area contributed by atoms with E-state index in [9.17, 15) is 5.11 Å². The number of rotatable bonds is 5. The minimum Gasteiger partial charge on any atom is -0.504 e. The zero-order chi connectivity index (χ0) is 20.4. The molecule has 0 bridgehead atoms. The Hall–Kier alpha value is -3.31. The highest BCUT2D eigenvalue weighted by Crippen LogP contribution is 2.38. The number of ether oxygens (including phenoxy) is 2. The Morgan fingerprint density at radius 2 is 1.83 bits per heavy atom. The fourth-order valence-electron chi connectivity index (χ4n) is 3.11. The van der Waals surface area contributed by atoms with Gasteiger partial charge in [0, 0.05) is 5.02 Å². The minimum absolute atomic E-state index is 0.0176. The van der Waals surface area contributed by atoms with Crippen LogP contribution in [0.15, 0.2) is 60.7 Å². The van der Waals surface area contributed by atoms with Crippen LogP contribution in [-0.2, 0) is 6.42 Å². The molecule has 0 saturated heterocycles. The van der Waals surface area contributed by atoms with Crippen LogP contribution in [0.5, 0.6) is 23.1 Å². The van der Waals surface area contributed by atoms with Gasteiger partial charge in [-0.05, 0) is 54.4 Å². The van der Waals surface area contributed by atoms with E-state index in [1.165, 1.54) is 7.11 Å². The maximum absolute atomic E-state index is 10.5. The standard InChI is InChI=1S/C23H19ClN2O3/c1-3-14-13-15(11-12-18(14)24)29-23-16-7-4-5-9-19(16)25-22(26-23)17-8-6-10-20(28-2)21(17)27/h4-13,27H,3H2,1-2H3. The Kier molecular flexibility index (Phi) is 5.23. The van der Waals surface area contributed by atoms with Gasteiger partial charge in [0.1, 0.15) is 5.75 Å². The van der Waals surface area contributed by atoms with Gasteiger partial charge in [0.05, 0.1) is 23.6 Å². The molecule has 0 saturated carbocycles. The van der Waals surface area contributed by atoms with Gasteiger partial charge in [0.25, 0.3) is 0 Å². The van der Waals surface area contributed by atoms with Crippen LogP contribution in [0.2, 0.25) is 5.02 Å². The topological polar surface area (TPSA) is 64.5 Å². The zero-order valence-corrected chi connectivity index (χ0v) is 16.8. The van der Waals surface area contributed by atoms with Gasteiger partial charge in [-0.1, -0.05) is 36.7 Å². The number of fused-ring (bicyclic) bond motifs is 1. The highest BCUT2D eigenvalue weighted by atomic mass is 35.5. The van der Waals surface area contributed by atoms with Crippen LogP contribution in [0.3, 0.4) is 0 Å². The summed E-state index contributed by atoms with van der Waals surface area (Å²) in [6, 6.07) is 18.3. The van der Waals surface area contributed by atoms with E-state index >= 15 is 0 Å². The van der Waals surface area contributed by atoms with E-state index in [1.807, 2.05) is 43.3 Å². The molecule has 5 nitrogen and oxygen atoms in total. The summed E-state index contributed by atoms with van der Waals surface area (Å²) in [6.07, 6.45) is 0.795. The molecule has 0 spiro atoms. The molecule has 0 atom stereocenters. The van der Waals surface area contributed by atoms with Crippen LogP contribution < -0.4 is 9.47 Å². The van der Waals surface area contributed by atoms with E-state index in [1.54, 1.807) is 24.3 Å². The number of aryl methyl sites for hydroxylation is 1. The lowest BCUT2D eigenvalue weighted by Gasteiger charge is -2.13. The lowest BCUT2D eigenvalue weighted by Crippen LogP contribution is -1.97. The second-order valence-corrected chi connectivity index (χ2v) is 6.84. The second-order valence-electron chi connectivity index (χ2n) is 6.43. The molecule has 4 rings (SSSR count). The van der Waals surface area contributed by atoms with Crippen molar-refractivity contribution in [1.82, 2.24) is 9.97 Å². The smallest absolute Gasteiger partial charge is 0.230 e. The number of phenolic OH excluding ortho intramolecular Hbond substituents is 1. The summed E-state index contributed by atoms with van der Waals surface area (Å²) in [5.74, 6) is 1.72. The van der Waals surface area contributed by atoms with Crippen molar-refractivity contribution in [2.75, 3.05) is 7.11 Å². The van der Waals surface area contributed by atoms with Gasteiger partial charge in [0.2, 0.25) is 5.88 Å². The predicted molar refractivity (Wildman–Crippen MR) is 114 cm³/mol. The number of para-hydroxylation sites is 2. The fraction of sp³-hybridized carbons (Fsp3) is 0.130. The number of benzene rings is 3. The summed E-state index contributed by atoms with van der Waals surface area (Å²) >= 11 is 6.22. The quantitative estimate of drug-likeness (QED) is 0.439. The number of hydrogen-bond acceptors (Lipinski definition) is 5. The third-order valence-electron chi connectivity index (χ3n) is 4.64. The molecule has 29 heavy (non-hydrogen) atoms. The molecule has 146 valence electrons. The largest absolute Gasteiger partial charge is 0.504 e. The number of phenols is 1. The highest BCUT2D eigenvalue weighted by molar-refractivity contribution is 6.31. The average molecular weight is 407 g/mol. The van der Waals surface area contributed by atoms with Gasteiger partial charge in [-0.25, -0.2) is 4.98 Å². The SMILES string of the molecule is CCc1cc(Oc2nc(-c3cccc(OC)c3O)nc3ccccc23)ccc1Cl. The Labute approximate surface area is 173 Å². The number of aromatic nitrogens is 2. The molecule has 6 heteroatoms.